The number of halogens is 1. The van der Waals surface area contributed by atoms with Gasteiger partial charge in [0.05, 0.1) is 12.6 Å². The lowest BCUT2D eigenvalue weighted by Crippen LogP contribution is -2.41. The van der Waals surface area contributed by atoms with Crippen LogP contribution in [0.4, 0.5) is 10.1 Å². The summed E-state index contributed by atoms with van der Waals surface area (Å²) >= 11 is 0. The Bertz CT molecular complexity index is 439. The molecule has 5 heteroatoms. The molecule has 1 amide bonds. The number of nitrogens with one attached hydrogen (secondary N) is 2. The maximum absolute atomic E-state index is 13.0. The van der Waals surface area contributed by atoms with Crippen molar-refractivity contribution in [2.45, 2.75) is 31.4 Å². The van der Waals surface area contributed by atoms with Crippen molar-refractivity contribution in [1.82, 2.24) is 5.32 Å². The van der Waals surface area contributed by atoms with E-state index in [0.29, 0.717) is 5.69 Å². The Morgan fingerprint density at radius 1 is 1.47 bits per heavy atom. The quantitative estimate of drug-likeness (QED) is 0.856. The molecular formula is C14H19FN2O2. The van der Waals surface area contributed by atoms with Gasteiger partial charge in [0.1, 0.15) is 5.82 Å². The summed E-state index contributed by atoms with van der Waals surface area (Å²) in [6, 6.07) is 6.09. The van der Waals surface area contributed by atoms with Crippen molar-refractivity contribution in [3.63, 3.8) is 0 Å². The fraction of sp³-hybridized carbons (Fsp3) is 0.500. The first-order valence-electron chi connectivity index (χ1n) is 6.50. The highest BCUT2D eigenvalue weighted by molar-refractivity contribution is 5.92. The van der Waals surface area contributed by atoms with Crippen molar-refractivity contribution in [3.05, 3.63) is 30.1 Å². The molecule has 1 saturated carbocycles. The summed E-state index contributed by atoms with van der Waals surface area (Å²) in [5, 5.41) is 5.84. The van der Waals surface area contributed by atoms with Gasteiger partial charge in [0.25, 0.3) is 0 Å². The van der Waals surface area contributed by atoms with E-state index in [1.165, 1.54) is 12.1 Å². The molecule has 0 aromatic heterocycles. The molecule has 0 radical (unpaired) electrons. The maximum atomic E-state index is 13.0. The smallest absolute Gasteiger partial charge is 0.238 e. The molecule has 1 fully saturated rings. The van der Waals surface area contributed by atoms with Gasteiger partial charge in [0.2, 0.25) is 5.91 Å². The third kappa shape index (κ3) is 4.01. The van der Waals surface area contributed by atoms with Crippen LogP contribution < -0.4 is 10.6 Å². The standard InChI is InChI=1S/C14H19FN2O2/c1-19-13-7-3-6-12(13)16-9-14(18)17-11-5-2-4-10(15)8-11/h2,4-5,8,12-13,16H,3,6-7,9H2,1H3,(H,17,18). The number of hydrogen-bond acceptors (Lipinski definition) is 3. The predicted octanol–water partition coefficient (Wildman–Crippen LogP) is 1.92. The van der Waals surface area contributed by atoms with Crippen LogP contribution in [0, 0.1) is 5.82 Å². The third-order valence-corrected chi connectivity index (χ3v) is 3.39. The summed E-state index contributed by atoms with van der Waals surface area (Å²) in [6.45, 7) is 0.209. The van der Waals surface area contributed by atoms with E-state index in [4.69, 9.17) is 4.74 Å². The molecule has 104 valence electrons. The molecule has 0 saturated heterocycles. The number of amides is 1. The van der Waals surface area contributed by atoms with Gasteiger partial charge in [-0.3, -0.25) is 4.79 Å². The fourth-order valence-electron chi connectivity index (χ4n) is 2.44. The van der Waals surface area contributed by atoms with E-state index in [0.717, 1.165) is 19.3 Å². The van der Waals surface area contributed by atoms with Crippen LogP contribution in [0.1, 0.15) is 19.3 Å². The van der Waals surface area contributed by atoms with E-state index in [1.54, 1.807) is 19.2 Å². The topological polar surface area (TPSA) is 50.4 Å². The number of carbonyl (C=O) groups is 1. The zero-order chi connectivity index (χ0) is 13.7. The molecule has 2 atom stereocenters. The summed E-state index contributed by atoms with van der Waals surface area (Å²) in [4.78, 5) is 11.7. The van der Waals surface area contributed by atoms with E-state index in [1.807, 2.05) is 0 Å². The molecule has 2 unspecified atom stereocenters. The highest BCUT2D eigenvalue weighted by atomic mass is 19.1. The number of anilines is 1. The van der Waals surface area contributed by atoms with Crippen molar-refractivity contribution in [3.8, 4) is 0 Å². The van der Waals surface area contributed by atoms with Crippen molar-refractivity contribution in [2.75, 3.05) is 19.0 Å². The molecular weight excluding hydrogens is 247 g/mol. The second-order valence-corrected chi connectivity index (χ2v) is 4.75. The molecule has 0 aliphatic heterocycles. The molecule has 4 nitrogen and oxygen atoms in total. The molecule has 0 bridgehead atoms. The number of carbonyl (C=O) groups excluding carboxylic acids is 1. The Balaban J connectivity index is 1.78. The summed E-state index contributed by atoms with van der Waals surface area (Å²) in [6.07, 6.45) is 3.34. The van der Waals surface area contributed by atoms with Crippen LogP contribution in [0.3, 0.4) is 0 Å². The normalized spacial score (nSPS) is 22.4. The SMILES string of the molecule is COC1CCCC1NCC(=O)Nc1cccc(F)c1. The Hall–Kier alpha value is -1.46. The van der Waals surface area contributed by atoms with Gasteiger partial charge in [-0.15, -0.1) is 0 Å². The minimum atomic E-state index is -0.360. The number of benzene rings is 1. The highest BCUT2D eigenvalue weighted by Crippen LogP contribution is 2.21. The average molecular weight is 266 g/mol. The van der Waals surface area contributed by atoms with Gasteiger partial charge in [0.15, 0.2) is 0 Å². The molecule has 0 heterocycles. The minimum absolute atomic E-state index is 0.174. The van der Waals surface area contributed by atoms with Gasteiger partial charge in [-0.05, 0) is 37.5 Å². The van der Waals surface area contributed by atoms with E-state index >= 15 is 0 Å². The van der Waals surface area contributed by atoms with E-state index in [2.05, 4.69) is 10.6 Å². The Morgan fingerprint density at radius 2 is 2.32 bits per heavy atom. The van der Waals surface area contributed by atoms with Crippen LogP contribution in [0.15, 0.2) is 24.3 Å². The zero-order valence-corrected chi connectivity index (χ0v) is 11.0. The Morgan fingerprint density at radius 3 is 3.05 bits per heavy atom. The van der Waals surface area contributed by atoms with Crippen LogP contribution in [-0.2, 0) is 9.53 Å². The molecule has 19 heavy (non-hydrogen) atoms. The summed E-state index contributed by atoms with van der Waals surface area (Å²) in [7, 11) is 1.69. The van der Waals surface area contributed by atoms with Gasteiger partial charge in [-0.2, -0.15) is 0 Å². The number of hydrogen-bond donors (Lipinski definition) is 2. The van der Waals surface area contributed by atoms with E-state index < -0.39 is 0 Å². The second-order valence-electron chi connectivity index (χ2n) is 4.75. The molecule has 1 aliphatic rings. The van der Waals surface area contributed by atoms with Gasteiger partial charge in [0, 0.05) is 18.8 Å². The van der Waals surface area contributed by atoms with E-state index in [9.17, 15) is 9.18 Å². The number of ether oxygens (including phenoxy) is 1. The average Bonchev–Trinajstić information content (AvgIpc) is 2.83. The second kappa shape index (κ2) is 6.63. The van der Waals surface area contributed by atoms with Gasteiger partial charge in [-0.25, -0.2) is 4.39 Å². The van der Waals surface area contributed by atoms with Crippen LogP contribution in [0.2, 0.25) is 0 Å². The molecule has 2 rings (SSSR count). The van der Waals surface area contributed by atoms with Crippen molar-refractivity contribution >= 4 is 11.6 Å². The summed E-state index contributed by atoms with van der Waals surface area (Å²) in [5.74, 6) is -0.534. The Labute approximate surface area is 112 Å². The minimum Gasteiger partial charge on any atom is -0.380 e. The van der Waals surface area contributed by atoms with E-state index in [-0.39, 0.29) is 30.4 Å². The van der Waals surface area contributed by atoms with Crippen LogP contribution in [-0.4, -0.2) is 31.7 Å². The first kappa shape index (κ1) is 14.0. The molecule has 0 spiro atoms. The molecule has 2 N–H and O–H groups in total. The van der Waals surface area contributed by atoms with Crippen LogP contribution in [0.25, 0.3) is 0 Å². The first-order valence-corrected chi connectivity index (χ1v) is 6.50. The number of rotatable bonds is 5. The monoisotopic (exact) mass is 266 g/mol. The van der Waals surface area contributed by atoms with Crippen LogP contribution in [0.5, 0.6) is 0 Å². The van der Waals surface area contributed by atoms with Crippen molar-refractivity contribution in [1.29, 1.82) is 0 Å². The third-order valence-electron chi connectivity index (χ3n) is 3.39. The zero-order valence-electron chi connectivity index (χ0n) is 11.0. The first-order chi connectivity index (χ1) is 9.19. The lowest BCUT2D eigenvalue weighted by molar-refractivity contribution is -0.115. The lowest BCUT2D eigenvalue weighted by atomic mass is 10.2. The Kier molecular flexibility index (Phi) is 4.87. The van der Waals surface area contributed by atoms with Gasteiger partial charge in [-0.1, -0.05) is 6.07 Å². The molecule has 1 aliphatic carbocycles. The molecule has 1 aromatic rings. The lowest BCUT2D eigenvalue weighted by Gasteiger charge is -2.19. The number of methoxy groups -OCH3 is 1. The summed E-state index contributed by atoms with van der Waals surface area (Å²) < 4.78 is 18.3. The van der Waals surface area contributed by atoms with Gasteiger partial charge < -0.3 is 15.4 Å². The predicted molar refractivity (Wildman–Crippen MR) is 71.5 cm³/mol. The maximum Gasteiger partial charge on any atom is 0.238 e. The highest BCUT2D eigenvalue weighted by Gasteiger charge is 2.26. The molecule has 1 aromatic carbocycles. The van der Waals surface area contributed by atoms with Gasteiger partial charge >= 0.3 is 0 Å². The van der Waals surface area contributed by atoms with Crippen molar-refractivity contribution in [2.24, 2.45) is 0 Å². The van der Waals surface area contributed by atoms with Crippen molar-refractivity contribution < 1.29 is 13.9 Å². The van der Waals surface area contributed by atoms with Crippen LogP contribution >= 0.6 is 0 Å². The summed E-state index contributed by atoms with van der Waals surface area (Å²) in [5.41, 5.74) is 0.474. The largest absolute Gasteiger partial charge is 0.380 e. The fourth-order valence-corrected chi connectivity index (χ4v) is 2.44.